The molecule has 0 saturated carbocycles. The van der Waals surface area contributed by atoms with Crippen LogP contribution in [-0.4, -0.2) is 22.5 Å². The molecule has 0 radical (unpaired) electrons. The van der Waals surface area contributed by atoms with Gasteiger partial charge < -0.3 is 10.6 Å². The quantitative estimate of drug-likeness (QED) is 0.343. The molecule has 0 atom stereocenters. The molecule has 0 heterocycles. The summed E-state index contributed by atoms with van der Waals surface area (Å²) in [5.74, 6) is -1.15. The van der Waals surface area contributed by atoms with Crippen molar-refractivity contribution < 1.29 is 19.3 Å². The lowest BCUT2D eigenvalue weighted by Crippen LogP contribution is -2.16. The van der Waals surface area contributed by atoms with Crippen LogP contribution in [0.4, 0.5) is 17.1 Å². The van der Waals surface area contributed by atoms with E-state index in [1.807, 2.05) is 0 Å². The van der Waals surface area contributed by atoms with E-state index < -0.39 is 16.7 Å². The zero-order valence-corrected chi connectivity index (χ0v) is 15.6. The van der Waals surface area contributed by atoms with E-state index in [-0.39, 0.29) is 17.0 Å². The number of non-ortho nitro benzene ring substituents is 1. The first kappa shape index (κ1) is 20.5. The Bertz CT molecular complexity index is 978. The molecule has 0 fully saturated rings. The molecule has 2 N–H and O–H groups in total. The second-order valence-corrected chi connectivity index (χ2v) is 6.16. The average Bonchev–Trinajstić information content (AvgIpc) is 2.63. The number of hydrogen-bond donors (Lipinski definition) is 2. The summed E-state index contributed by atoms with van der Waals surface area (Å²) in [6, 6.07) is 10.5. The van der Waals surface area contributed by atoms with E-state index in [2.05, 4.69) is 10.6 Å². The van der Waals surface area contributed by atoms with Crippen molar-refractivity contribution in [1.82, 2.24) is 0 Å². The second-order valence-electron chi connectivity index (χ2n) is 6.16. The van der Waals surface area contributed by atoms with Crippen LogP contribution >= 0.6 is 0 Å². The lowest BCUT2D eigenvalue weighted by molar-refractivity contribution is -0.384. The van der Waals surface area contributed by atoms with Crippen molar-refractivity contribution in [2.75, 3.05) is 10.6 Å². The van der Waals surface area contributed by atoms with Crippen molar-refractivity contribution in [2.45, 2.75) is 20.8 Å². The number of nitrogens with zero attached hydrogens (tertiary/aromatic N) is 1. The number of ketones is 1. The summed E-state index contributed by atoms with van der Waals surface area (Å²) in [5, 5.41) is 16.0. The molecule has 0 bridgehead atoms. The Labute approximate surface area is 161 Å². The minimum Gasteiger partial charge on any atom is -0.322 e. The molecule has 2 amide bonds. The number of carbonyl (C=O) groups is 3. The molecule has 8 nitrogen and oxygen atoms in total. The number of rotatable bonds is 6. The molecule has 2 aromatic carbocycles. The first-order valence-electron chi connectivity index (χ1n) is 8.34. The van der Waals surface area contributed by atoms with E-state index in [1.54, 1.807) is 31.2 Å². The van der Waals surface area contributed by atoms with Crippen molar-refractivity contribution >= 4 is 34.7 Å². The summed E-state index contributed by atoms with van der Waals surface area (Å²) in [7, 11) is 0. The molecular weight excluding hydrogens is 362 g/mol. The molecule has 144 valence electrons. The fourth-order valence-corrected chi connectivity index (χ4v) is 2.31. The molecule has 0 aliphatic carbocycles. The molecule has 0 unspecified atom stereocenters. The summed E-state index contributed by atoms with van der Waals surface area (Å²) in [4.78, 5) is 45.9. The average molecular weight is 381 g/mol. The van der Waals surface area contributed by atoms with E-state index >= 15 is 0 Å². The number of nitro groups is 1. The SMILES string of the molecule is CC(=O)c1ccc(NC(=O)/C(C)=C\C(=O)Nc2cc([N+](=O)[O-])ccc2C)cc1. The number of benzene rings is 2. The minimum atomic E-state index is -0.580. The van der Waals surface area contributed by atoms with Gasteiger partial charge in [0.05, 0.1) is 10.6 Å². The van der Waals surface area contributed by atoms with Crippen molar-refractivity contribution in [3.8, 4) is 0 Å². The van der Waals surface area contributed by atoms with Crippen LogP contribution in [0.25, 0.3) is 0 Å². The van der Waals surface area contributed by atoms with Crippen molar-refractivity contribution in [2.24, 2.45) is 0 Å². The number of amides is 2. The van der Waals surface area contributed by atoms with Gasteiger partial charge in [0.15, 0.2) is 5.78 Å². The maximum absolute atomic E-state index is 12.2. The highest BCUT2D eigenvalue weighted by Crippen LogP contribution is 2.22. The van der Waals surface area contributed by atoms with E-state index in [4.69, 9.17) is 0 Å². The normalized spacial score (nSPS) is 10.9. The molecule has 0 aliphatic heterocycles. The topological polar surface area (TPSA) is 118 Å². The number of Topliss-reactive ketones (excluding diaryl/α,β-unsaturated/α-hetero) is 1. The summed E-state index contributed by atoms with van der Waals surface area (Å²) in [6.45, 7) is 4.62. The molecule has 0 aliphatic rings. The van der Waals surface area contributed by atoms with Crippen molar-refractivity contribution in [1.29, 1.82) is 0 Å². The van der Waals surface area contributed by atoms with Gasteiger partial charge in [-0.25, -0.2) is 0 Å². The van der Waals surface area contributed by atoms with Crippen molar-refractivity contribution in [3.05, 3.63) is 75.4 Å². The van der Waals surface area contributed by atoms with Gasteiger partial charge in [0.2, 0.25) is 5.91 Å². The summed E-state index contributed by atoms with van der Waals surface area (Å²) >= 11 is 0. The lowest BCUT2D eigenvalue weighted by Gasteiger charge is -2.08. The van der Waals surface area contributed by atoms with Crippen molar-refractivity contribution in [3.63, 3.8) is 0 Å². The maximum Gasteiger partial charge on any atom is 0.271 e. The van der Waals surface area contributed by atoms with Crippen LogP contribution in [0.5, 0.6) is 0 Å². The third kappa shape index (κ3) is 5.34. The van der Waals surface area contributed by atoms with E-state index in [0.29, 0.717) is 22.5 Å². The highest BCUT2D eigenvalue weighted by atomic mass is 16.6. The summed E-state index contributed by atoms with van der Waals surface area (Å²) in [5.41, 5.74) is 1.96. The molecule has 0 aromatic heterocycles. The van der Waals surface area contributed by atoms with Crippen LogP contribution in [0.1, 0.15) is 29.8 Å². The molecular formula is C20H19N3O5. The summed E-state index contributed by atoms with van der Waals surface area (Å²) in [6.07, 6.45) is 1.11. The predicted molar refractivity (Wildman–Crippen MR) is 105 cm³/mol. The minimum absolute atomic E-state index is 0.0814. The first-order valence-corrected chi connectivity index (χ1v) is 8.34. The molecule has 0 saturated heterocycles. The van der Waals surface area contributed by atoms with Crippen LogP contribution in [-0.2, 0) is 9.59 Å². The Hall–Kier alpha value is -3.81. The Morgan fingerprint density at radius 2 is 1.64 bits per heavy atom. The Kier molecular flexibility index (Phi) is 6.38. The van der Waals surface area contributed by atoms with Crippen LogP contribution in [0, 0.1) is 17.0 Å². The Morgan fingerprint density at radius 1 is 1.00 bits per heavy atom. The van der Waals surface area contributed by atoms with Crippen LogP contribution in [0.2, 0.25) is 0 Å². The van der Waals surface area contributed by atoms with Gasteiger partial charge >= 0.3 is 0 Å². The Balaban J connectivity index is 2.06. The van der Waals surface area contributed by atoms with Gasteiger partial charge in [0.25, 0.3) is 11.6 Å². The largest absolute Gasteiger partial charge is 0.322 e. The number of nitrogens with one attached hydrogen (secondary N) is 2. The van der Waals surface area contributed by atoms with E-state index in [1.165, 1.54) is 32.0 Å². The maximum atomic E-state index is 12.2. The molecule has 8 heteroatoms. The van der Waals surface area contributed by atoms with Gasteiger partial charge in [-0.15, -0.1) is 0 Å². The van der Waals surface area contributed by atoms with Crippen LogP contribution in [0.3, 0.4) is 0 Å². The monoisotopic (exact) mass is 381 g/mol. The third-order valence-electron chi connectivity index (χ3n) is 3.94. The molecule has 2 rings (SSSR count). The summed E-state index contributed by atoms with van der Waals surface area (Å²) < 4.78 is 0. The molecule has 28 heavy (non-hydrogen) atoms. The van der Waals surface area contributed by atoms with Gasteiger partial charge in [0.1, 0.15) is 0 Å². The molecule has 2 aromatic rings. The number of anilines is 2. The molecule has 0 spiro atoms. The van der Waals surface area contributed by atoms with Crippen LogP contribution < -0.4 is 10.6 Å². The van der Waals surface area contributed by atoms with Gasteiger partial charge in [0, 0.05) is 35.0 Å². The third-order valence-corrected chi connectivity index (χ3v) is 3.94. The fourth-order valence-electron chi connectivity index (χ4n) is 2.31. The van der Waals surface area contributed by atoms with Gasteiger partial charge in [-0.05, 0) is 50.6 Å². The predicted octanol–water partition coefficient (Wildman–Crippen LogP) is 3.63. The van der Waals surface area contributed by atoms with E-state index in [9.17, 15) is 24.5 Å². The van der Waals surface area contributed by atoms with Gasteiger partial charge in [-0.1, -0.05) is 6.07 Å². The van der Waals surface area contributed by atoms with Gasteiger partial charge in [-0.2, -0.15) is 0 Å². The number of aryl methyl sites for hydroxylation is 1. The Morgan fingerprint density at radius 3 is 2.21 bits per heavy atom. The smallest absolute Gasteiger partial charge is 0.271 e. The van der Waals surface area contributed by atoms with Crippen LogP contribution in [0.15, 0.2) is 54.1 Å². The zero-order valence-electron chi connectivity index (χ0n) is 15.6. The highest BCUT2D eigenvalue weighted by Gasteiger charge is 2.12. The van der Waals surface area contributed by atoms with Gasteiger partial charge in [-0.3, -0.25) is 24.5 Å². The second kappa shape index (κ2) is 8.72. The first-order chi connectivity index (χ1) is 13.2. The fraction of sp³-hybridized carbons (Fsp3) is 0.150. The highest BCUT2D eigenvalue weighted by molar-refractivity contribution is 6.10. The zero-order chi connectivity index (χ0) is 20.8. The lowest BCUT2D eigenvalue weighted by atomic mass is 10.1. The standard InChI is InChI=1S/C20H19N3O5/c1-12-4-9-17(23(27)28)11-18(12)22-19(25)10-13(2)20(26)21-16-7-5-15(6-8-16)14(3)24/h4-11H,1-3H3,(H,21,26)(H,22,25)/b13-10-. The van der Waals surface area contributed by atoms with E-state index in [0.717, 1.165) is 6.08 Å². The number of hydrogen-bond acceptors (Lipinski definition) is 5. The number of carbonyl (C=O) groups excluding carboxylic acids is 3. The number of nitro benzene ring substituents is 1.